The zero-order valence-corrected chi connectivity index (χ0v) is 21.1. The summed E-state index contributed by atoms with van der Waals surface area (Å²) in [5.74, 6) is 1.33. The number of aromatic nitrogens is 6. The van der Waals surface area contributed by atoms with E-state index in [4.69, 9.17) is 9.72 Å². The van der Waals surface area contributed by atoms with Gasteiger partial charge >= 0.3 is 0 Å². The van der Waals surface area contributed by atoms with Gasteiger partial charge in [-0.25, -0.2) is 15.0 Å². The first kappa shape index (κ1) is 23.3. The number of benzene rings is 1. The Kier molecular flexibility index (Phi) is 6.36. The predicted octanol–water partition coefficient (Wildman–Crippen LogP) is 4.62. The minimum Gasteiger partial charge on any atom is -0.476 e. The van der Waals surface area contributed by atoms with Crippen LogP contribution in [0.5, 0.6) is 5.88 Å². The average molecular weight is 495 g/mol. The molecule has 5 heterocycles. The van der Waals surface area contributed by atoms with Gasteiger partial charge in [-0.15, -0.1) is 0 Å². The summed E-state index contributed by atoms with van der Waals surface area (Å²) in [6, 6.07) is 12.1. The molecule has 1 unspecified atom stereocenters. The van der Waals surface area contributed by atoms with Crippen molar-refractivity contribution in [1.82, 2.24) is 34.6 Å². The van der Waals surface area contributed by atoms with E-state index in [1.165, 1.54) is 12.8 Å². The molecule has 1 aliphatic rings. The molecule has 6 rings (SSSR count). The van der Waals surface area contributed by atoms with Crippen molar-refractivity contribution in [2.45, 2.75) is 25.8 Å². The predicted molar refractivity (Wildman–Crippen MR) is 144 cm³/mol. The van der Waals surface area contributed by atoms with Crippen molar-refractivity contribution in [3.05, 3.63) is 67.0 Å². The molecule has 0 aliphatic carbocycles. The van der Waals surface area contributed by atoms with Gasteiger partial charge in [-0.3, -0.25) is 14.6 Å². The lowest BCUT2D eigenvalue weighted by atomic mass is 10.00. The lowest BCUT2D eigenvalue weighted by Crippen LogP contribution is -2.25. The van der Waals surface area contributed by atoms with Crippen LogP contribution in [0, 0.1) is 0 Å². The van der Waals surface area contributed by atoms with Crippen molar-refractivity contribution in [3.63, 3.8) is 0 Å². The van der Waals surface area contributed by atoms with Gasteiger partial charge in [0.05, 0.1) is 28.8 Å². The molecule has 9 nitrogen and oxygen atoms in total. The van der Waals surface area contributed by atoms with Crippen LogP contribution in [0.1, 0.15) is 31.5 Å². The standard InChI is InChI=1S/C28H30N8O/c1-19(33-27-26-23(30-18-31-27)9-6-10-29-26)24-15-20-7-5-8-22(21-16-32-35(2)17-21)25(20)28(34-24)37-14-13-36-11-3-4-12-36/h5-10,15-19H,3-4,11-14H2,1-2H3,(H,30,31,33). The van der Waals surface area contributed by atoms with Crippen LogP contribution in [-0.4, -0.2) is 60.9 Å². The largest absolute Gasteiger partial charge is 0.476 e. The summed E-state index contributed by atoms with van der Waals surface area (Å²) in [7, 11) is 1.93. The number of nitrogens with one attached hydrogen (secondary N) is 1. The third-order valence-corrected chi connectivity index (χ3v) is 6.90. The van der Waals surface area contributed by atoms with Gasteiger partial charge in [0, 0.05) is 31.5 Å². The summed E-state index contributed by atoms with van der Waals surface area (Å²) >= 11 is 0. The van der Waals surface area contributed by atoms with Crippen molar-refractivity contribution in [2.75, 3.05) is 31.6 Å². The summed E-state index contributed by atoms with van der Waals surface area (Å²) in [4.78, 5) is 20.7. The van der Waals surface area contributed by atoms with Crippen molar-refractivity contribution in [1.29, 1.82) is 0 Å². The number of rotatable bonds is 8. The van der Waals surface area contributed by atoms with Crippen LogP contribution in [0.2, 0.25) is 0 Å². The van der Waals surface area contributed by atoms with Gasteiger partial charge in [0.2, 0.25) is 5.88 Å². The van der Waals surface area contributed by atoms with E-state index in [0.29, 0.717) is 18.3 Å². The molecule has 1 N–H and O–H groups in total. The Hall–Kier alpha value is -4.11. The molecule has 188 valence electrons. The van der Waals surface area contributed by atoms with Gasteiger partial charge in [0.25, 0.3) is 0 Å². The van der Waals surface area contributed by atoms with Crippen molar-refractivity contribution >= 4 is 27.6 Å². The van der Waals surface area contributed by atoms with Crippen molar-refractivity contribution in [3.8, 4) is 17.0 Å². The Balaban J connectivity index is 1.37. The fourth-order valence-electron chi connectivity index (χ4n) is 4.98. The van der Waals surface area contributed by atoms with E-state index >= 15 is 0 Å². The number of anilines is 1. The molecule has 0 bridgehead atoms. The van der Waals surface area contributed by atoms with E-state index in [-0.39, 0.29) is 6.04 Å². The van der Waals surface area contributed by atoms with Crippen LogP contribution < -0.4 is 10.1 Å². The highest BCUT2D eigenvalue weighted by Crippen LogP contribution is 2.36. The van der Waals surface area contributed by atoms with Crippen LogP contribution in [0.15, 0.2) is 61.3 Å². The van der Waals surface area contributed by atoms with Crippen LogP contribution in [-0.2, 0) is 7.05 Å². The molecular formula is C28H30N8O. The smallest absolute Gasteiger partial charge is 0.222 e. The highest BCUT2D eigenvalue weighted by molar-refractivity contribution is 6.00. The molecule has 4 aromatic heterocycles. The summed E-state index contributed by atoms with van der Waals surface area (Å²) < 4.78 is 8.23. The summed E-state index contributed by atoms with van der Waals surface area (Å²) in [5.41, 5.74) is 4.50. The third kappa shape index (κ3) is 4.82. The van der Waals surface area contributed by atoms with Gasteiger partial charge in [0.1, 0.15) is 18.5 Å². The molecule has 0 radical (unpaired) electrons. The van der Waals surface area contributed by atoms with E-state index in [1.807, 2.05) is 36.3 Å². The molecule has 5 aromatic rings. The normalized spacial score (nSPS) is 14.9. The summed E-state index contributed by atoms with van der Waals surface area (Å²) in [6.07, 6.45) is 9.74. The van der Waals surface area contributed by atoms with Gasteiger partial charge in [-0.05, 0) is 62.0 Å². The monoisotopic (exact) mass is 494 g/mol. The SMILES string of the molecule is CC(Nc1ncnc2cccnc12)c1cc2cccc(-c3cnn(C)c3)c2c(OCCN2CCCC2)n1. The van der Waals surface area contributed by atoms with E-state index in [0.717, 1.165) is 58.3 Å². The highest BCUT2D eigenvalue weighted by Gasteiger charge is 2.19. The number of nitrogens with zero attached hydrogens (tertiary/aromatic N) is 7. The number of fused-ring (bicyclic) bond motifs is 2. The zero-order chi connectivity index (χ0) is 25.2. The Morgan fingerprint density at radius 3 is 2.81 bits per heavy atom. The number of pyridine rings is 2. The highest BCUT2D eigenvalue weighted by atomic mass is 16.5. The minimum atomic E-state index is -0.132. The van der Waals surface area contributed by atoms with Crippen molar-refractivity contribution in [2.24, 2.45) is 7.05 Å². The number of hydrogen-bond donors (Lipinski definition) is 1. The van der Waals surface area contributed by atoms with Crippen LogP contribution in [0.3, 0.4) is 0 Å². The third-order valence-electron chi connectivity index (χ3n) is 6.90. The number of likely N-dealkylation sites (tertiary alicyclic amines) is 1. The number of hydrogen-bond acceptors (Lipinski definition) is 8. The quantitative estimate of drug-likeness (QED) is 0.334. The molecule has 0 spiro atoms. The molecule has 1 aliphatic heterocycles. The second-order valence-electron chi connectivity index (χ2n) is 9.52. The number of ether oxygens (including phenoxy) is 1. The number of aryl methyl sites for hydroxylation is 1. The first-order chi connectivity index (χ1) is 18.2. The Morgan fingerprint density at radius 1 is 1.08 bits per heavy atom. The fraction of sp³-hybridized carbons (Fsp3) is 0.321. The summed E-state index contributed by atoms with van der Waals surface area (Å²) in [6.45, 7) is 5.84. The maximum Gasteiger partial charge on any atom is 0.222 e. The Labute approximate surface area is 215 Å². The molecule has 1 aromatic carbocycles. The van der Waals surface area contributed by atoms with E-state index in [2.05, 4.69) is 61.5 Å². The van der Waals surface area contributed by atoms with E-state index in [9.17, 15) is 0 Å². The molecule has 1 fully saturated rings. The molecule has 0 saturated carbocycles. The first-order valence-electron chi connectivity index (χ1n) is 12.8. The molecule has 37 heavy (non-hydrogen) atoms. The van der Waals surface area contributed by atoms with Crippen LogP contribution in [0.25, 0.3) is 32.9 Å². The molecule has 9 heteroatoms. The molecule has 0 amide bonds. The zero-order valence-electron chi connectivity index (χ0n) is 21.1. The fourth-order valence-corrected chi connectivity index (χ4v) is 4.98. The average Bonchev–Trinajstić information content (AvgIpc) is 3.60. The lowest BCUT2D eigenvalue weighted by molar-refractivity contribution is 0.233. The molecular weight excluding hydrogens is 464 g/mol. The van der Waals surface area contributed by atoms with Gasteiger partial charge < -0.3 is 10.1 Å². The molecule has 1 saturated heterocycles. The summed E-state index contributed by atoms with van der Waals surface area (Å²) in [5, 5.41) is 9.95. The second-order valence-corrected chi connectivity index (χ2v) is 9.52. The molecule has 1 atom stereocenters. The minimum absolute atomic E-state index is 0.132. The van der Waals surface area contributed by atoms with Gasteiger partial charge in [-0.1, -0.05) is 18.2 Å². The second kappa shape index (κ2) is 10.1. The lowest BCUT2D eigenvalue weighted by Gasteiger charge is -2.19. The van der Waals surface area contributed by atoms with E-state index < -0.39 is 0 Å². The van der Waals surface area contributed by atoms with Crippen molar-refractivity contribution < 1.29 is 4.74 Å². The van der Waals surface area contributed by atoms with E-state index in [1.54, 1.807) is 12.5 Å². The Bertz CT molecular complexity index is 1540. The topological polar surface area (TPSA) is 93.9 Å². The maximum absolute atomic E-state index is 6.42. The van der Waals surface area contributed by atoms with Gasteiger partial charge in [0.15, 0.2) is 5.82 Å². The van der Waals surface area contributed by atoms with Crippen LogP contribution in [0.4, 0.5) is 5.82 Å². The van der Waals surface area contributed by atoms with Gasteiger partial charge in [-0.2, -0.15) is 5.10 Å². The first-order valence-corrected chi connectivity index (χ1v) is 12.8. The Morgan fingerprint density at radius 2 is 1.97 bits per heavy atom. The van der Waals surface area contributed by atoms with Crippen LogP contribution >= 0.6 is 0 Å². The maximum atomic E-state index is 6.42.